The molecule has 0 aliphatic carbocycles. The summed E-state index contributed by atoms with van der Waals surface area (Å²) in [5.41, 5.74) is 2.91. The Labute approximate surface area is 216 Å². The molecule has 5 aromatic rings. The first kappa shape index (κ1) is 23.8. The predicted octanol–water partition coefficient (Wildman–Crippen LogP) is 9.15. The predicted molar refractivity (Wildman–Crippen MR) is 148 cm³/mol. The molecule has 0 spiro atoms. The first-order valence-corrected chi connectivity index (χ1v) is 12.0. The number of para-hydroxylation sites is 6. The molecule has 182 valence electrons. The van der Waals surface area contributed by atoms with E-state index in [2.05, 4.69) is 0 Å². The number of hydrogen-bond donors (Lipinski definition) is 0. The molecule has 0 unspecified atom stereocenters. The highest BCUT2D eigenvalue weighted by molar-refractivity contribution is 6.02. The Balaban J connectivity index is 1.37. The van der Waals surface area contributed by atoms with Crippen LogP contribution in [0.15, 0.2) is 136 Å². The fraction of sp³-hybridized carbons (Fsp3) is 0.0625. The number of furan rings is 1. The molecule has 0 atom stereocenters. The van der Waals surface area contributed by atoms with Crippen molar-refractivity contribution in [2.45, 2.75) is 13.8 Å². The first-order valence-electron chi connectivity index (χ1n) is 12.0. The van der Waals surface area contributed by atoms with Crippen LogP contribution < -0.4 is 9.47 Å². The third-order valence-corrected chi connectivity index (χ3v) is 5.57. The van der Waals surface area contributed by atoms with E-state index in [1.54, 1.807) is 0 Å². The van der Waals surface area contributed by atoms with Crippen LogP contribution in [0.1, 0.15) is 25.4 Å². The van der Waals surface area contributed by atoms with Gasteiger partial charge in [-0.15, -0.1) is 0 Å². The summed E-state index contributed by atoms with van der Waals surface area (Å²) in [6.07, 6.45) is 0. The lowest BCUT2D eigenvalue weighted by molar-refractivity contribution is 0.484. The monoisotopic (exact) mass is 486 g/mol. The molecule has 0 bridgehead atoms. The number of nitrogens with zero attached hydrogens (tertiary/aromatic N) is 2. The van der Waals surface area contributed by atoms with Gasteiger partial charge in [0, 0.05) is 0 Å². The van der Waals surface area contributed by atoms with E-state index in [4.69, 9.17) is 23.9 Å². The molecule has 5 heteroatoms. The van der Waals surface area contributed by atoms with E-state index in [0.29, 0.717) is 23.0 Å². The van der Waals surface area contributed by atoms with Gasteiger partial charge in [0.05, 0.1) is 11.4 Å². The van der Waals surface area contributed by atoms with Crippen LogP contribution in [0.25, 0.3) is 0 Å². The second-order valence-corrected chi connectivity index (χ2v) is 8.32. The zero-order valence-corrected chi connectivity index (χ0v) is 20.7. The molecule has 0 aliphatic heterocycles. The molecule has 1 heterocycles. The van der Waals surface area contributed by atoms with Crippen molar-refractivity contribution in [1.29, 1.82) is 0 Å². The van der Waals surface area contributed by atoms with E-state index in [1.165, 1.54) is 0 Å². The number of benzene rings is 4. The van der Waals surface area contributed by atoms with Crippen LogP contribution in [-0.4, -0.2) is 11.4 Å². The normalized spacial score (nSPS) is 11.8. The van der Waals surface area contributed by atoms with Crippen LogP contribution in [-0.2, 0) is 0 Å². The summed E-state index contributed by atoms with van der Waals surface area (Å²) < 4.78 is 18.2. The van der Waals surface area contributed by atoms with Crippen LogP contribution >= 0.6 is 0 Å². The molecule has 0 radical (unpaired) electrons. The van der Waals surface area contributed by atoms with Crippen molar-refractivity contribution in [3.05, 3.63) is 133 Å². The summed E-state index contributed by atoms with van der Waals surface area (Å²) in [4.78, 5) is 9.56. The van der Waals surface area contributed by atoms with E-state index in [0.717, 1.165) is 34.3 Å². The zero-order chi connectivity index (χ0) is 25.5. The van der Waals surface area contributed by atoms with Crippen LogP contribution in [0.5, 0.6) is 23.0 Å². The lowest BCUT2D eigenvalue weighted by Crippen LogP contribution is -1.94. The van der Waals surface area contributed by atoms with Crippen molar-refractivity contribution in [3.63, 3.8) is 0 Å². The molecule has 37 heavy (non-hydrogen) atoms. The average molecular weight is 487 g/mol. The van der Waals surface area contributed by atoms with E-state index in [-0.39, 0.29) is 0 Å². The van der Waals surface area contributed by atoms with Crippen molar-refractivity contribution in [2.24, 2.45) is 9.98 Å². The molecule has 1 aromatic heterocycles. The number of aliphatic imine (C=N–C) groups is 2. The van der Waals surface area contributed by atoms with Crippen molar-refractivity contribution in [3.8, 4) is 23.0 Å². The van der Waals surface area contributed by atoms with Gasteiger partial charge in [0.25, 0.3) is 0 Å². The summed E-state index contributed by atoms with van der Waals surface area (Å²) in [6, 6.07) is 38.5. The molecule has 4 aromatic carbocycles. The lowest BCUT2D eigenvalue weighted by Gasteiger charge is -2.09. The highest BCUT2D eigenvalue weighted by Crippen LogP contribution is 2.33. The molecule has 0 saturated heterocycles. The minimum absolute atomic E-state index is 0.660. The minimum atomic E-state index is 0.660. The Kier molecular flexibility index (Phi) is 7.23. The molecular formula is C32H26N2O3. The van der Waals surface area contributed by atoms with Crippen molar-refractivity contribution >= 4 is 22.8 Å². The highest BCUT2D eigenvalue weighted by atomic mass is 16.5. The number of hydrogen-bond acceptors (Lipinski definition) is 5. The maximum absolute atomic E-state index is 6.12. The summed E-state index contributed by atoms with van der Waals surface area (Å²) in [5, 5.41) is 0. The van der Waals surface area contributed by atoms with Gasteiger partial charge in [0.2, 0.25) is 0 Å². The Bertz CT molecular complexity index is 1420. The van der Waals surface area contributed by atoms with Gasteiger partial charge < -0.3 is 13.9 Å². The second kappa shape index (κ2) is 11.2. The van der Waals surface area contributed by atoms with Crippen molar-refractivity contribution < 1.29 is 13.9 Å². The fourth-order valence-electron chi connectivity index (χ4n) is 3.70. The Morgan fingerprint density at radius 1 is 0.486 bits per heavy atom. The standard InChI is InChI=1S/C32H26N2O3/c1-23(33-27-17-9-11-19-31(27)35-25-13-5-3-6-14-25)29-21-22-30(37-29)24(2)34-28-18-10-12-20-32(28)36-26-15-7-4-8-16-26/h3-22H,1-2H3. The maximum atomic E-state index is 6.12. The molecule has 0 amide bonds. The average Bonchev–Trinajstić information content (AvgIpc) is 3.43. The van der Waals surface area contributed by atoms with Gasteiger partial charge in [-0.05, 0) is 74.5 Å². The van der Waals surface area contributed by atoms with E-state index >= 15 is 0 Å². The van der Waals surface area contributed by atoms with Gasteiger partial charge in [-0.2, -0.15) is 0 Å². The zero-order valence-electron chi connectivity index (χ0n) is 20.7. The van der Waals surface area contributed by atoms with Crippen LogP contribution in [0.3, 0.4) is 0 Å². The number of rotatable bonds is 8. The largest absolute Gasteiger partial charge is 0.455 e. The van der Waals surface area contributed by atoms with Crippen LogP contribution in [0.4, 0.5) is 11.4 Å². The third-order valence-electron chi connectivity index (χ3n) is 5.57. The van der Waals surface area contributed by atoms with E-state index in [1.807, 2.05) is 135 Å². The van der Waals surface area contributed by atoms with Gasteiger partial charge in [0.15, 0.2) is 11.5 Å². The highest BCUT2D eigenvalue weighted by Gasteiger charge is 2.11. The quantitative estimate of drug-likeness (QED) is 0.205. The van der Waals surface area contributed by atoms with E-state index in [9.17, 15) is 0 Å². The van der Waals surface area contributed by atoms with Gasteiger partial charge in [-0.3, -0.25) is 0 Å². The summed E-state index contributed by atoms with van der Waals surface area (Å²) in [5.74, 6) is 4.18. The van der Waals surface area contributed by atoms with E-state index < -0.39 is 0 Å². The first-order chi connectivity index (χ1) is 18.2. The molecule has 0 fully saturated rings. The minimum Gasteiger partial charge on any atom is -0.455 e. The van der Waals surface area contributed by atoms with Gasteiger partial charge in [0.1, 0.15) is 34.4 Å². The molecule has 5 rings (SSSR count). The van der Waals surface area contributed by atoms with Gasteiger partial charge in [-0.25, -0.2) is 9.98 Å². The molecule has 0 saturated carbocycles. The molecule has 5 nitrogen and oxygen atoms in total. The van der Waals surface area contributed by atoms with Crippen molar-refractivity contribution in [1.82, 2.24) is 0 Å². The smallest absolute Gasteiger partial charge is 0.153 e. The second-order valence-electron chi connectivity index (χ2n) is 8.32. The molecular weight excluding hydrogens is 460 g/mol. The van der Waals surface area contributed by atoms with Crippen LogP contribution in [0, 0.1) is 0 Å². The van der Waals surface area contributed by atoms with Gasteiger partial charge in [-0.1, -0.05) is 60.7 Å². The molecule has 0 N–H and O–H groups in total. The Hall–Kier alpha value is -4.90. The fourth-order valence-corrected chi connectivity index (χ4v) is 3.70. The lowest BCUT2D eigenvalue weighted by atomic mass is 10.2. The summed E-state index contributed by atoms with van der Waals surface area (Å²) >= 11 is 0. The maximum Gasteiger partial charge on any atom is 0.153 e. The SMILES string of the molecule is CC(=Nc1ccccc1Oc1ccccc1)c1ccc(C(C)=Nc2ccccc2Oc2ccccc2)o1. The summed E-state index contributed by atoms with van der Waals surface area (Å²) in [6.45, 7) is 3.83. The Morgan fingerprint density at radius 3 is 1.30 bits per heavy atom. The molecule has 0 aliphatic rings. The number of ether oxygens (including phenoxy) is 2. The summed E-state index contributed by atoms with van der Waals surface area (Å²) in [7, 11) is 0. The topological polar surface area (TPSA) is 56.3 Å². The Morgan fingerprint density at radius 2 is 0.865 bits per heavy atom. The van der Waals surface area contributed by atoms with Crippen molar-refractivity contribution in [2.75, 3.05) is 0 Å². The van der Waals surface area contributed by atoms with Crippen LogP contribution in [0.2, 0.25) is 0 Å². The third kappa shape index (κ3) is 6.03. The van der Waals surface area contributed by atoms with Gasteiger partial charge >= 0.3 is 0 Å².